The summed E-state index contributed by atoms with van der Waals surface area (Å²) < 4.78 is 40.8. The third-order valence-electron chi connectivity index (χ3n) is 5.08. The van der Waals surface area contributed by atoms with E-state index in [1.165, 1.54) is 11.1 Å². The lowest BCUT2D eigenvalue weighted by Crippen LogP contribution is -2.16. The largest absolute Gasteiger partial charge is 0.0629 e. The highest BCUT2D eigenvalue weighted by Crippen LogP contribution is 2.37. The summed E-state index contributed by atoms with van der Waals surface area (Å²) in [5, 5.41) is 0. The van der Waals surface area contributed by atoms with Gasteiger partial charge in [0.1, 0.15) is 0 Å². The maximum Gasteiger partial charge on any atom is 0.0629 e. The van der Waals surface area contributed by atoms with Gasteiger partial charge in [-0.1, -0.05) is 108 Å². The molecule has 3 aromatic carbocycles. The fourth-order valence-corrected chi connectivity index (χ4v) is 3.25. The van der Waals surface area contributed by atoms with E-state index in [2.05, 4.69) is 59.7 Å². The number of rotatable bonds is 2. The van der Waals surface area contributed by atoms with Gasteiger partial charge in [-0.05, 0) is 56.7 Å². The van der Waals surface area contributed by atoms with Gasteiger partial charge in [-0.2, -0.15) is 0 Å². The zero-order valence-electron chi connectivity index (χ0n) is 22.5. The van der Waals surface area contributed by atoms with Crippen molar-refractivity contribution in [3.05, 3.63) is 83.3 Å². The standard InChI is InChI=1S/C27H32/c1-19-24(20-12-9-8-10-13-20)14-11-15-25(19)21-16-22(26(2,3)4)18-23(17-21)27(5,6)7/h8-18H,1-7H3/i8D,9D,10D,12D,13D. The molecule has 0 atom stereocenters. The molecule has 0 aromatic heterocycles. The summed E-state index contributed by atoms with van der Waals surface area (Å²) in [5.41, 5.74) is 6.34. The molecule has 0 saturated carbocycles. The van der Waals surface area contributed by atoms with Gasteiger partial charge in [0.15, 0.2) is 0 Å². The zero-order valence-corrected chi connectivity index (χ0v) is 17.5. The summed E-state index contributed by atoms with van der Waals surface area (Å²) in [6.07, 6.45) is 0. The van der Waals surface area contributed by atoms with Gasteiger partial charge in [-0.3, -0.25) is 0 Å². The summed E-state index contributed by atoms with van der Waals surface area (Å²) in [7, 11) is 0. The van der Waals surface area contributed by atoms with E-state index in [0.717, 1.165) is 16.7 Å². The molecule has 0 aliphatic heterocycles. The van der Waals surface area contributed by atoms with Crippen LogP contribution < -0.4 is 0 Å². The van der Waals surface area contributed by atoms with Crippen LogP contribution in [0.5, 0.6) is 0 Å². The van der Waals surface area contributed by atoms with Crippen LogP contribution in [0.15, 0.2) is 66.6 Å². The fraction of sp³-hybridized carbons (Fsp3) is 0.333. The van der Waals surface area contributed by atoms with Crippen LogP contribution in [0, 0.1) is 6.92 Å². The third kappa shape index (κ3) is 4.16. The minimum Gasteiger partial charge on any atom is -0.0622 e. The maximum atomic E-state index is 8.40. The smallest absolute Gasteiger partial charge is 0.0622 e. The Balaban J connectivity index is 2.33. The zero-order chi connectivity index (χ0) is 24.2. The second kappa shape index (κ2) is 7.00. The van der Waals surface area contributed by atoms with Gasteiger partial charge in [0, 0.05) is 0 Å². The van der Waals surface area contributed by atoms with Crippen LogP contribution in [0.1, 0.15) is 65.1 Å². The maximum absolute atomic E-state index is 8.40. The molecule has 0 aliphatic carbocycles. The van der Waals surface area contributed by atoms with Crippen LogP contribution in [-0.2, 0) is 10.8 Å². The molecule has 0 spiro atoms. The van der Waals surface area contributed by atoms with Gasteiger partial charge in [0.25, 0.3) is 0 Å². The van der Waals surface area contributed by atoms with Crippen molar-refractivity contribution in [3.8, 4) is 22.3 Å². The van der Waals surface area contributed by atoms with E-state index in [4.69, 9.17) is 6.85 Å². The molecular weight excluding hydrogens is 324 g/mol. The SMILES string of the molecule is [2H]c1c([2H])c([2H])c(-c2cccc(-c3cc(C(C)(C)C)cc(C(C)(C)C)c3)c2C)c([2H])c1[2H]. The van der Waals surface area contributed by atoms with Crippen molar-refractivity contribution >= 4 is 0 Å². The van der Waals surface area contributed by atoms with Crippen molar-refractivity contribution in [1.29, 1.82) is 0 Å². The molecule has 0 amide bonds. The first-order valence-corrected chi connectivity index (χ1v) is 9.48. The van der Waals surface area contributed by atoms with Crippen molar-refractivity contribution in [2.24, 2.45) is 0 Å². The molecule has 0 nitrogen and oxygen atoms in total. The molecule has 0 fully saturated rings. The van der Waals surface area contributed by atoms with Crippen molar-refractivity contribution < 1.29 is 6.85 Å². The van der Waals surface area contributed by atoms with Crippen LogP contribution in [0.3, 0.4) is 0 Å². The molecule has 0 aliphatic rings. The number of benzene rings is 3. The first-order valence-electron chi connectivity index (χ1n) is 12.0. The third-order valence-corrected chi connectivity index (χ3v) is 5.08. The Morgan fingerprint density at radius 2 is 1.15 bits per heavy atom. The van der Waals surface area contributed by atoms with Gasteiger partial charge in [0.2, 0.25) is 0 Å². The van der Waals surface area contributed by atoms with Crippen LogP contribution in [0.25, 0.3) is 22.3 Å². The average Bonchev–Trinajstić information content (AvgIpc) is 2.70. The molecule has 0 saturated heterocycles. The fourth-order valence-electron chi connectivity index (χ4n) is 3.25. The molecule has 0 heterocycles. The molecule has 3 aromatic rings. The molecule has 0 N–H and O–H groups in total. The summed E-state index contributed by atoms with van der Waals surface area (Å²) in [6, 6.07) is 11.2. The Hall–Kier alpha value is -2.34. The summed E-state index contributed by atoms with van der Waals surface area (Å²) in [4.78, 5) is 0. The Labute approximate surface area is 172 Å². The Bertz CT molecular complexity index is 1130. The molecule has 27 heavy (non-hydrogen) atoms. The predicted molar refractivity (Wildman–Crippen MR) is 119 cm³/mol. The van der Waals surface area contributed by atoms with E-state index in [0.29, 0.717) is 5.56 Å². The highest BCUT2D eigenvalue weighted by Gasteiger charge is 2.21. The van der Waals surface area contributed by atoms with Crippen molar-refractivity contribution in [3.63, 3.8) is 0 Å². The normalized spacial score (nSPS) is 14.9. The summed E-state index contributed by atoms with van der Waals surface area (Å²) in [6.45, 7) is 15.2. The highest BCUT2D eigenvalue weighted by molar-refractivity contribution is 5.79. The molecular formula is C27H32. The van der Waals surface area contributed by atoms with Gasteiger partial charge in [-0.25, -0.2) is 0 Å². The monoisotopic (exact) mass is 361 g/mol. The van der Waals surface area contributed by atoms with Crippen molar-refractivity contribution in [2.45, 2.75) is 59.3 Å². The van der Waals surface area contributed by atoms with Gasteiger partial charge in [-0.15, -0.1) is 0 Å². The van der Waals surface area contributed by atoms with Crippen LogP contribution >= 0.6 is 0 Å². The topological polar surface area (TPSA) is 0 Å². The van der Waals surface area contributed by atoms with Crippen molar-refractivity contribution in [2.75, 3.05) is 0 Å². The lowest BCUT2D eigenvalue weighted by molar-refractivity contribution is 0.569. The van der Waals surface area contributed by atoms with E-state index >= 15 is 0 Å². The minimum absolute atomic E-state index is 0.0194. The van der Waals surface area contributed by atoms with E-state index in [1.807, 2.05) is 25.1 Å². The molecule has 0 bridgehead atoms. The summed E-state index contributed by atoms with van der Waals surface area (Å²) >= 11 is 0. The van der Waals surface area contributed by atoms with Crippen LogP contribution in [0.2, 0.25) is 0 Å². The van der Waals surface area contributed by atoms with Gasteiger partial charge >= 0.3 is 0 Å². The number of hydrogen-bond acceptors (Lipinski definition) is 0. The van der Waals surface area contributed by atoms with Gasteiger partial charge < -0.3 is 0 Å². The van der Waals surface area contributed by atoms with E-state index in [9.17, 15) is 0 Å². The Morgan fingerprint density at radius 3 is 1.63 bits per heavy atom. The first kappa shape index (κ1) is 13.8. The predicted octanol–water partition coefficient (Wildman–Crippen LogP) is 7.92. The van der Waals surface area contributed by atoms with Crippen LogP contribution in [0.4, 0.5) is 0 Å². The Kier molecular flexibility index (Phi) is 3.57. The second-order valence-corrected chi connectivity index (χ2v) is 9.28. The average molecular weight is 362 g/mol. The molecule has 0 unspecified atom stereocenters. The van der Waals surface area contributed by atoms with Crippen LogP contribution in [-0.4, -0.2) is 0 Å². The second-order valence-electron chi connectivity index (χ2n) is 9.28. The van der Waals surface area contributed by atoms with E-state index in [1.54, 1.807) is 0 Å². The molecule has 0 heteroatoms. The molecule has 3 rings (SSSR count). The first-order chi connectivity index (χ1) is 14.6. The van der Waals surface area contributed by atoms with Crippen molar-refractivity contribution in [1.82, 2.24) is 0 Å². The quantitative estimate of drug-likeness (QED) is 0.435. The highest BCUT2D eigenvalue weighted by atomic mass is 14.3. The van der Waals surface area contributed by atoms with E-state index in [-0.39, 0.29) is 46.6 Å². The molecule has 140 valence electrons. The van der Waals surface area contributed by atoms with E-state index < -0.39 is 0 Å². The molecule has 0 radical (unpaired) electrons. The Morgan fingerprint density at radius 1 is 0.667 bits per heavy atom. The minimum atomic E-state index is -0.370. The lowest BCUT2D eigenvalue weighted by atomic mass is 9.78. The number of hydrogen-bond donors (Lipinski definition) is 0. The van der Waals surface area contributed by atoms with Gasteiger partial charge in [0.05, 0.1) is 6.85 Å². The lowest BCUT2D eigenvalue weighted by Gasteiger charge is -2.27. The summed E-state index contributed by atoms with van der Waals surface area (Å²) in [5.74, 6) is 0.